The molecule has 0 radical (unpaired) electrons. The molecule has 1 atom stereocenters. The van der Waals surface area contributed by atoms with Crippen LogP contribution >= 0.6 is 0 Å². The Morgan fingerprint density at radius 2 is 1.86 bits per heavy atom. The van der Waals surface area contributed by atoms with Crippen molar-refractivity contribution in [2.75, 3.05) is 6.61 Å². The summed E-state index contributed by atoms with van der Waals surface area (Å²) in [5.41, 5.74) is 1.69. The number of carboxylic acids is 1. The van der Waals surface area contributed by atoms with Crippen molar-refractivity contribution in [1.29, 1.82) is 0 Å². The van der Waals surface area contributed by atoms with Crippen LogP contribution in [0.2, 0.25) is 0 Å². The molecule has 0 aliphatic heterocycles. The molecule has 4 heteroatoms. The van der Waals surface area contributed by atoms with Crippen LogP contribution in [-0.4, -0.2) is 17.7 Å². The highest BCUT2D eigenvalue weighted by Gasteiger charge is 2.21. The molecule has 0 bridgehead atoms. The predicted octanol–water partition coefficient (Wildman–Crippen LogP) is 3.77. The largest absolute Gasteiger partial charge is 0.490 e. The van der Waals surface area contributed by atoms with Crippen molar-refractivity contribution >= 4 is 5.97 Å². The van der Waals surface area contributed by atoms with Gasteiger partial charge in [-0.2, -0.15) is 0 Å². The van der Waals surface area contributed by atoms with Gasteiger partial charge in [-0.05, 0) is 36.6 Å². The van der Waals surface area contributed by atoms with E-state index >= 15 is 0 Å². The van der Waals surface area contributed by atoms with Crippen molar-refractivity contribution in [3.8, 4) is 5.75 Å². The second-order valence-electron chi connectivity index (χ2n) is 4.81. The van der Waals surface area contributed by atoms with Gasteiger partial charge in [-0.25, -0.2) is 4.39 Å². The van der Waals surface area contributed by atoms with Gasteiger partial charge in [0.25, 0.3) is 0 Å². The maximum atomic E-state index is 13.4. The molecule has 2 aromatic carbocycles. The van der Waals surface area contributed by atoms with Gasteiger partial charge >= 0.3 is 5.97 Å². The summed E-state index contributed by atoms with van der Waals surface area (Å²) in [6.07, 6.45) is 0.286. The lowest BCUT2D eigenvalue weighted by molar-refractivity contribution is -0.139. The number of ether oxygens (including phenoxy) is 1. The van der Waals surface area contributed by atoms with E-state index in [0.717, 1.165) is 11.1 Å². The molecule has 21 heavy (non-hydrogen) atoms. The van der Waals surface area contributed by atoms with E-state index in [-0.39, 0.29) is 18.8 Å². The molecule has 0 saturated carbocycles. The topological polar surface area (TPSA) is 46.5 Å². The van der Waals surface area contributed by atoms with Crippen LogP contribution in [-0.2, 0) is 4.79 Å². The van der Waals surface area contributed by atoms with Crippen LogP contribution in [0.4, 0.5) is 4.39 Å². The highest BCUT2D eigenvalue weighted by Crippen LogP contribution is 2.24. The molecular formula is C17H17FO3. The minimum Gasteiger partial charge on any atom is -0.490 e. The third-order valence-corrected chi connectivity index (χ3v) is 3.36. The fraction of sp³-hybridized carbons (Fsp3) is 0.235. The quantitative estimate of drug-likeness (QED) is 0.880. The second kappa shape index (κ2) is 6.88. The van der Waals surface area contributed by atoms with E-state index in [9.17, 15) is 14.3 Å². The van der Waals surface area contributed by atoms with Crippen LogP contribution in [0, 0.1) is 12.7 Å². The summed E-state index contributed by atoms with van der Waals surface area (Å²) in [6.45, 7) is 2.02. The Kier molecular flexibility index (Phi) is 4.93. The van der Waals surface area contributed by atoms with Crippen LogP contribution in [0.15, 0.2) is 48.5 Å². The number of carboxylic acid groups (broad SMARTS) is 1. The molecule has 0 aromatic heterocycles. The Bertz CT molecular complexity index is 625. The molecule has 0 fully saturated rings. The van der Waals surface area contributed by atoms with Crippen molar-refractivity contribution in [1.82, 2.24) is 0 Å². The molecule has 0 amide bonds. The summed E-state index contributed by atoms with van der Waals surface area (Å²) < 4.78 is 18.8. The van der Waals surface area contributed by atoms with Gasteiger partial charge in [-0.3, -0.25) is 4.79 Å². The molecule has 1 unspecified atom stereocenters. The van der Waals surface area contributed by atoms with E-state index in [2.05, 4.69) is 0 Å². The smallest absolute Gasteiger partial charge is 0.311 e. The summed E-state index contributed by atoms with van der Waals surface area (Å²) in [7, 11) is 0. The van der Waals surface area contributed by atoms with Crippen LogP contribution in [0.1, 0.15) is 23.5 Å². The fourth-order valence-corrected chi connectivity index (χ4v) is 2.24. The number of aliphatic carboxylic acids is 1. The molecular weight excluding hydrogens is 271 g/mol. The number of para-hydroxylation sites is 1. The van der Waals surface area contributed by atoms with E-state index in [0.29, 0.717) is 0 Å². The highest BCUT2D eigenvalue weighted by atomic mass is 19.1. The normalized spacial score (nSPS) is 11.9. The van der Waals surface area contributed by atoms with Gasteiger partial charge < -0.3 is 9.84 Å². The van der Waals surface area contributed by atoms with Crippen molar-refractivity contribution in [3.63, 3.8) is 0 Å². The van der Waals surface area contributed by atoms with E-state index in [1.54, 1.807) is 18.2 Å². The van der Waals surface area contributed by atoms with Gasteiger partial charge in [-0.15, -0.1) is 0 Å². The number of benzene rings is 2. The zero-order valence-corrected chi connectivity index (χ0v) is 11.8. The molecule has 2 rings (SSSR count). The van der Waals surface area contributed by atoms with E-state index in [1.165, 1.54) is 12.1 Å². The summed E-state index contributed by atoms with van der Waals surface area (Å²) in [5, 5.41) is 9.37. The van der Waals surface area contributed by atoms with Crippen molar-refractivity contribution < 1.29 is 19.0 Å². The van der Waals surface area contributed by atoms with Gasteiger partial charge in [0.1, 0.15) is 0 Å². The molecule has 0 heterocycles. The van der Waals surface area contributed by atoms with Crippen LogP contribution in [0.25, 0.3) is 0 Å². The molecule has 3 nitrogen and oxygen atoms in total. The van der Waals surface area contributed by atoms with Gasteiger partial charge in [-0.1, -0.05) is 36.4 Å². The molecule has 0 aliphatic rings. The summed E-state index contributed by atoms with van der Waals surface area (Å²) in [4.78, 5) is 11.4. The van der Waals surface area contributed by atoms with E-state index < -0.39 is 17.7 Å². The summed E-state index contributed by atoms with van der Waals surface area (Å²) >= 11 is 0. The first-order chi connectivity index (χ1) is 10.1. The van der Waals surface area contributed by atoms with Crippen LogP contribution in [0.3, 0.4) is 0 Å². The van der Waals surface area contributed by atoms with Gasteiger partial charge in [0.2, 0.25) is 0 Å². The van der Waals surface area contributed by atoms with E-state index in [4.69, 9.17) is 4.74 Å². The summed E-state index contributed by atoms with van der Waals surface area (Å²) in [5.74, 6) is -1.86. The van der Waals surface area contributed by atoms with Crippen LogP contribution in [0.5, 0.6) is 5.75 Å². The first-order valence-electron chi connectivity index (χ1n) is 6.75. The lowest BCUT2D eigenvalue weighted by Crippen LogP contribution is -2.16. The minimum absolute atomic E-state index is 0.145. The number of hydrogen-bond acceptors (Lipinski definition) is 2. The van der Waals surface area contributed by atoms with Crippen LogP contribution < -0.4 is 4.74 Å². The number of hydrogen-bond donors (Lipinski definition) is 1. The number of carbonyl (C=O) groups is 1. The third kappa shape index (κ3) is 3.81. The van der Waals surface area contributed by atoms with Gasteiger partial charge in [0.05, 0.1) is 12.5 Å². The average molecular weight is 288 g/mol. The standard InChI is InChI=1S/C17H17FO3/c1-12-6-2-3-7-13(12)14(17(19)20)10-11-21-16-9-5-4-8-15(16)18/h2-9,14H,10-11H2,1H3,(H,19,20). The van der Waals surface area contributed by atoms with Crippen molar-refractivity contribution in [2.45, 2.75) is 19.3 Å². The highest BCUT2D eigenvalue weighted by molar-refractivity contribution is 5.76. The fourth-order valence-electron chi connectivity index (χ4n) is 2.24. The maximum Gasteiger partial charge on any atom is 0.311 e. The van der Waals surface area contributed by atoms with Gasteiger partial charge in [0, 0.05) is 0 Å². The molecule has 110 valence electrons. The minimum atomic E-state index is -0.901. The maximum absolute atomic E-state index is 13.4. The lowest BCUT2D eigenvalue weighted by atomic mass is 9.92. The molecule has 0 aliphatic carbocycles. The monoisotopic (exact) mass is 288 g/mol. The Morgan fingerprint density at radius 3 is 2.52 bits per heavy atom. The first kappa shape index (κ1) is 15.0. The first-order valence-corrected chi connectivity index (χ1v) is 6.75. The third-order valence-electron chi connectivity index (χ3n) is 3.36. The number of aryl methyl sites for hydroxylation is 1. The Labute approximate surface area is 123 Å². The lowest BCUT2D eigenvalue weighted by Gasteiger charge is -2.15. The van der Waals surface area contributed by atoms with Crippen molar-refractivity contribution in [3.05, 3.63) is 65.5 Å². The molecule has 0 spiro atoms. The Hall–Kier alpha value is -2.36. The van der Waals surface area contributed by atoms with Gasteiger partial charge in [0.15, 0.2) is 11.6 Å². The number of halogens is 1. The van der Waals surface area contributed by atoms with E-state index in [1.807, 2.05) is 25.1 Å². The van der Waals surface area contributed by atoms with Crippen molar-refractivity contribution in [2.24, 2.45) is 0 Å². The zero-order chi connectivity index (χ0) is 15.2. The SMILES string of the molecule is Cc1ccccc1C(CCOc1ccccc1F)C(=O)O. The Balaban J connectivity index is 2.04. The Morgan fingerprint density at radius 1 is 1.19 bits per heavy atom. The molecule has 0 saturated heterocycles. The molecule has 1 N–H and O–H groups in total. The average Bonchev–Trinajstić information content (AvgIpc) is 2.46. The molecule has 2 aromatic rings. The number of rotatable bonds is 6. The zero-order valence-electron chi connectivity index (χ0n) is 11.8. The predicted molar refractivity (Wildman–Crippen MR) is 78.1 cm³/mol. The second-order valence-corrected chi connectivity index (χ2v) is 4.81. The summed E-state index contributed by atoms with van der Waals surface area (Å²) in [6, 6.07) is 13.5.